The molecule has 46 heavy (non-hydrogen) atoms. The van der Waals surface area contributed by atoms with E-state index in [1.807, 2.05) is 44.2 Å². The highest BCUT2D eigenvalue weighted by Crippen LogP contribution is 2.39. The maximum atomic E-state index is 13.2. The first-order chi connectivity index (χ1) is 21.9. The number of carbonyl (C=O) groups is 1. The van der Waals surface area contributed by atoms with E-state index in [1.54, 1.807) is 35.3 Å². The first kappa shape index (κ1) is 31.3. The van der Waals surface area contributed by atoms with E-state index in [1.165, 1.54) is 0 Å². The molecule has 0 spiro atoms. The summed E-state index contributed by atoms with van der Waals surface area (Å²) in [5, 5.41) is 19.9. The number of aryl methyl sites for hydroxylation is 2. The van der Waals surface area contributed by atoms with E-state index >= 15 is 0 Å². The Morgan fingerprint density at radius 3 is 2.52 bits per heavy atom. The lowest BCUT2D eigenvalue weighted by Crippen LogP contribution is -2.39. The first-order valence-corrected chi connectivity index (χ1v) is 18.9. The van der Waals surface area contributed by atoms with Crippen LogP contribution in [-0.2, 0) is 6.42 Å². The smallest absolute Gasteiger partial charge is 0.324 e. The summed E-state index contributed by atoms with van der Waals surface area (Å²) in [4.78, 5) is 22.1. The number of hydrogen-bond donors (Lipinski definition) is 3. The number of anilines is 2. The zero-order chi connectivity index (χ0) is 32.6. The van der Waals surface area contributed by atoms with Gasteiger partial charge in [0.25, 0.3) is 0 Å². The van der Waals surface area contributed by atoms with Gasteiger partial charge in [-0.3, -0.25) is 10.4 Å². The van der Waals surface area contributed by atoms with Crippen molar-refractivity contribution in [3.8, 4) is 17.3 Å². The lowest BCUT2D eigenvalue weighted by Gasteiger charge is -2.14. The Bertz CT molecular complexity index is 2070. The summed E-state index contributed by atoms with van der Waals surface area (Å²) >= 11 is 13.2. The number of H-pyrrole nitrogens is 1. The van der Waals surface area contributed by atoms with Gasteiger partial charge in [-0.2, -0.15) is 15.2 Å². The highest BCUT2D eigenvalue weighted by Gasteiger charge is 2.24. The van der Waals surface area contributed by atoms with Crippen LogP contribution in [0.4, 0.5) is 16.3 Å². The van der Waals surface area contributed by atoms with Gasteiger partial charge in [0, 0.05) is 29.4 Å². The minimum Gasteiger partial charge on any atom is -0.437 e. The number of halogens is 2. The van der Waals surface area contributed by atoms with Crippen LogP contribution in [0.15, 0.2) is 73.1 Å². The van der Waals surface area contributed by atoms with Crippen molar-refractivity contribution in [3.63, 3.8) is 0 Å². The predicted molar refractivity (Wildman–Crippen MR) is 186 cm³/mol. The second kappa shape index (κ2) is 12.6. The Balaban J connectivity index is 1.17. The van der Waals surface area contributed by atoms with Crippen LogP contribution in [-0.4, -0.2) is 44.1 Å². The Morgan fingerprint density at radius 1 is 0.978 bits per heavy atom. The highest BCUT2D eigenvalue weighted by molar-refractivity contribution is 6.88. The third-order valence-corrected chi connectivity index (χ3v) is 10.0. The Morgan fingerprint density at radius 2 is 1.76 bits per heavy atom. The third kappa shape index (κ3) is 6.76. The van der Waals surface area contributed by atoms with Crippen molar-refractivity contribution >= 4 is 65.0 Å². The summed E-state index contributed by atoms with van der Waals surface area (Å²) in [7, 11) is -1.77. The maximum absolute atomic E-state index is 13.2. The van der Waals surface area contributed by atoms with E-state index < -0.39 is 14.1 Å². The van der Waals surface area contributed by atoms with Crippen molar-refractivity contribution in [2.24, 2.45) is 0 Å². The summed E-state index contributed by atoms with van der Waals surface area (Å²) in [5.74, 6) is 1.72. The average molecular weight is 672 g/mol. The molecule has 0 saturated heterocycles. The summed E-state index contributed by atoms with van der Waals surface area (Å²) < 4.78 is 7.74. The highest BCUT2D eigenvalue weighted by atomic mass is 35.5. The van der Waals surface area contributed by atoms with Crippen molar-refractivity contribution in [3.05, 3.63) is 106 Å². The fourth-order valence-corrected chi connectivity index (χ4v) is 6.31. The maximum Gasteiger partial charge on any atom is 0.324 e. The predicted octanol–water partition coefficient (Wildman–Crippen LogP) is 8.03. The molecule has 0 fully saturated rings. The number of aromatic amines is 1. The molecular formula is C33H32Cl2N8O2Si. The van der Waals surface area contributed by atoms with Crippen molar-refractivity contribution < 1.29 is 9.53 Å². The van der Waals surface area contributed by atoms with Crippen LogP contribution in [0.5, 0.6) is 11.6 Å². The van der Waals surface area contributed by atoms with Crippen LogP contribution in [0.2, 0.25) is 29.7 Å². The molecule has 0 unspecified atom stereocenters. The molecule has 13 heteroatoms. The van der Waals surface area contributed by atoms with Gasteiger partial charge in [-0.15, -0.1) is 0 Å². The summed E-state index contributed by atoms with van der Waals surface area (Å²) in [5.41, 5.74) is 5.44. The van der Waals surface area contributed by atoms with Gasteiger partial charge in [0.2, 0.25) is 5.88 Å². The molecule has 6 rings (SSSR count). The standard InChI is InChI=1S/C33H32Cl2N8O2Si/c1-19-6-8-23(9-7-19)43-27(17-29(42-43)46(3,4)5)40-33(44)38-24-10-11-25(31(35)30(24)34)45-28-12-13-36-26(39-28)16-21-14-20(2)32-22(15-21)18-37-41-32/h6-15,17-18H,16H2,1-5H3,(H,37,41)(H2,38,40,44). The largest absolute Gasteiger partial charge is 0.437 e. The molecule has 0 aliphatic rings. The molecular weight excluding hydrogens is 639 g/mol. The normalized spacial score (nSPS) is 11.5. The van der Waals surface area contributed by atoms with Crippen molar-refractivity contribution in [2.45, 2.75) is 39.9 Å². The molecule has 6 aromatic rings. The van der Waals surface area contributed by atoms with Crippen LogP contribution in [0.3, 0.4) is 0 Å². The van der Waals surface area contributed by atoms with E-state index in [9.17, 15) is 4.79 Å². The van der Waals surface area contributed by atoms with Crippen LogP contribution in [0, 0.1) is 13.8 Å². The number of amides is 2. The molecule has 234 valence electrons. The molecule has 2 amide bonds. The Hall–Kier alpha value is -4.71. The lowest BCUT2D eigenvalue weighted by atomic mass is 10.1. The van der Waals surface area contributed by atoms with Crippen LogP contribution in [0.25, 0.3) is 16.6 Å². The van der Waals surface area contributed by atoms with Gasteiger partial charge in [0.1, 0.15) is 30.5 Å². The molecule has 3 N–H and O–H groups in total. The van der Waals surface area contributed by atoms with E-state index in [0.717, 1.165) is 38.6 Å². The lowest BCUT2D eigenvalue weighted by molar-refractivity contribution is 0.262. The summed E-state index contributed by atoms with van der Waals surface area (Å²) in [6.45, 7) is 10.7. The number of benzene rings is 3. The number of fused-ring (bicyclic) bond motifs is 1. The molecule has 0 bridgehead atoms. The van der Waals surface area contributed by atoms with E-state index in [4.69, 9.17) is 33.0 Å². The fraction of sp³-hybridized carbons (Fsp3) is 0.182. The monoisotopic (exact) mass is 670 g/mol. The average Bonchev–Trinajstić information content (AvgIpc) is 3.66. The van der Waals surface area contributed by atoms with Gasteiger partial charge in [-0.1, -0.05) is 66.6 Å². The SMILES string of the molecule is Cc1ccc(-n2nc([Si](C)(C)C)cc2NC(=O)Nc2ccc(Oc3ccnc(Cc4cc(C)c5[nH]ncc5c4)n3)c(Cl)c2Cl)cc1. The quantitative estimate of drug-likeness (QED) is 0.141. The molecule has 3 aromatic heterocycles. The number of ether oxygens (including phenoxy) is 1. The third-order valence-electron chi connectivity index (χ3n) is 7.36. The van der Waals surface area contributed by atoms with E-state index in [2.05, 4.69) is 62.6 Å². The summed E-state index contributed by atoms with van der Waals surface area (Å²) in [6, 6.07) is 18.4. The molecule has 0 saturated carbocycles. The zero-order valence-electron chi connectivity index (χ0n) is 25.9. The molecule has 0 radical (unpaired) electrons. The van der Waals surface area contributed by atoms with Gasteiger partial charge in [0.05, 0.1) is 28.1 Å². The van der Waals surface area contributed by atoms with Crippen LogP contribution in [0.1, 0.15) is 22.5 Å². The number of carbonyl (C=O) groups excluding carboxylic acids is 1. The molecule has 0 atom stereocenters. The first-order valence-electron chi connectivity index (χ1n) is 14.6. The van der Waals surface area contributed by atoms with Crippen molar-refractivity contribution in [1.29, 1.82) is 0 Å². The molecule has 3 heterocycles. The minimum absolute atomic E-state index is 0.127. The topological polar surface area (TPSA) is 123 Å². The Labute approximate surface area is 277 Å². The summed E-state index contributed by atoms with van der Waals surface area (Å²) in [6.07, 6.45) is 3.93. The number of nitrogens with zero attached hydrogens (tertiary/aromatic N) is 5. The zero-order valence-corrected chi connectivity index (χ0v) is 28.5. The van der Waals surface area contributed by atoms with E-state index in [0.29, 0.717) is 29.6 Å². The number of aromatic nitrogens is 6. The number of urea groups is 1. The number of hydrogen-bond acceptors (Lipinski definition) is 6. The van der Waals surface area contributed by atoms with E-state index in [-0.39, 0.29) is 15.8 Å². The minimum atomic E-state index is -1.77. The molecule has 0 aliphatic carbocycles. The second-order valence-electron chi connectivity index (χ2n) is 12.1. The number of rotatable bonds is 8. The van der Waals surface area contributed by atoms with Crippen LogP contribution < -0.4 is 20.7 Å². The van der Waals surface area contributed by atoms with Crippen molar-refractivity contribution in [1.82, 2.24) is 29.9 Å². The van der Waals surface area contributed by atoms with Gasteiger partial charge in [-0.05, 0) is 61.4 Å². The molecule has 3 aromatic carbocycles. The number of nitrogens with one attached hydrogen (secondary N) is 3. The molecule has 0 aliphatic heterocycles. The van der Waals surface area contributed by atoms with Gasteiger partial charge in [-0.25, -0.2) is 14.5 Å². The van der Waals surface area contributed by atoms with Gasteiger partial charge < -0.3 is 10.1 Å². The fourth-order valence-electron chi connectivity index (χ4n) is 4.93. The van der Waals surface area contributed by atoms with Gasteiger partial charge >= 0.3 is 6.03 Å². The molecule has 10 nitrogen and oxygen atoms in total. The second-order valence-corrected chi connectivity index (χ2v) is 17.8. The van der Waals surface area contributed by atoms with Crippen LogP contribution >= 0.6 is 23.2 Å². The Kier molecular flexibility index (Phi) is 8.56. The van der Waals surface area contributed by atoms with Gasteiger partial charge in [0.15, 0.2) is 0 Å². The van der Waals surface area contributed by atoms with Crippen molar-refractivity contribution in [2.75, 3.05) is 10.6 Å².